The van der Waals surface area contributed by atoms with Gasteiger partial charge in [0.1, 0.15) is 5.69 Å². The Labute approximate surface area is 144 Å². The molecule has 0 fully saturated rings. The molecule has 0 saturated heterocycles. The first kappa shape index (κ1) is 16.3. The molecule has 0 atom stereocenters. The molecule has 2 heterocycles. The van der Waals surface area contributed by atoms with Gasteiger partial charge in [-0.25, -0.2) is 9.97 Å². The van der Waals surface area contributed by atoms with Gasteiger partial charge in [-0.05, 0) is 18.4 Å². The van der Waals surface area contributed by atoms with E-state index in [0.29, 0.717) is 11.0 Å². The summed E-state index contributed by atoms with van der Waals surface area (Å²) >= 11 is 1.39. The predicted molar refractivity (Wildman–Crippen MR) is 96.4 cm³/mol. The molecule has 5 nitrogen and oxygen atoms in total. The Morgan fingerprint density at radius 3 is 2.50 bits per heavy atom. The average Bonchev–Trinajstić information content (AvgIpc) is 3.04. The van der Waals surface area contributed by atoms with Crippen LogP contribution in [0.3, 0.4) is 0 Å². The summed E-state index contributed by atoms with van der Waals surface area (Å²) in [5, 5.41) is 5.24. The number of anilines is 1. The Kier molecular flexibility index (Phi) is 4.66. The number of benzene rings is 1. The molecule has 3 rings (SSSR count). The fraction of sp³-hybridized carbons (Fsp3) is 0.222. The molecular formula is C18H18N4OS. The third-order valence-corrected chi connectivity index (χ3v) is 4.37. The zero-order chi connectivity index (χ0) is 17.1. The highest BCUT2D eigenvalue weighted by molar-refractivity contribution is 7.14. The summed E-state index contributed by atoms with van der Waals surface area (Å²) in [7, 11) is 0. The van der Waals surface area contributed by atoms with Crippen LogP contribution in [0.5, 0.6) is 0 Å². The van der Waals surface area contributed by atoms with E-state index in [4.69, 9.17) is 0 Å². The Bertz CT molecular complexity index is 838. The van der Waals surface area contributed by atoms with Crippen LogP contribution in [0.25, 0.3) is 11.3 Å². The first-order chi connectivity index (χ1) is 11.5. The molecule has 3 aromatic rings. The minimum absolute atomic E-state index is 0.277. The van der Waals surface area contributed by atoms with Gasteiger partial charge in [0.25, 0.3) is 5.91 Å². The van der Waals surface area contributed by atoms with Gasteiger partial charge in [-0.15, -0.1) is 11.3 Å². The van der Waals surface area contributed by atoms with Crippen LogP contribution in [0.15, 0.2) is 42.0 Å². The maximum atomic E-state index is 12.1. The molecule has 0 bridgehead atoms. The zero-order valence-corrected chi connectivity index (χ0v) is 14.6. The van der Waals surface area contributed by atoms with Gasteiger partial charge in [0.2, 0.25) is 0 Å². The van der Waals surface area contributed by atoms with E-state index in [0.717, 1.165) is 17.0 Å². The summed E-state index contributed by atoms with van der Waals surface area (Å²) in [6.45, 7) is 6.16. The lowest BCUT2D eigenvalue weighted by molar-refractivity contribution is 0.102. The second-order valence-electron chi connectivity index (χ2n) is 5.81. The summed E-state index contributed by atoms with van der Waals surface area (Å²) in [6, 6.07) is 8.34. The molecule has 0 aliphatic rings. The van der Waals surface area contributed by atoms with Crippen LogP contribution in [-0.2, 0) is 0 Å². The third-order valence-electron chi connectivity index (χ3n) is 3.61. The highest BCUT2D eigenvalue weighted by atomic mass is 32.1. The number of hydrogen-bond acceptors (Lipinski definition) is 5. The molecule has 0 spiro atoms. The number of hydrogen-bond donors (Lipinski definition) is 1. The second-order valence-corrected chi connectivity index (χ2v) is 6.67. The Morgan fingerprint density at radius 2 is 1.88 bits per heavy atom. The van der Waals surface area contributed by atoms with Crippen LogP contribution >= 0.6 is 11.3 Å². The van der Waals surface area contributed by atoms with Gasteiger partial charge in [0.05, 0.1) is 17.6 Å². The Balaban J connectivity index is 1.73. The third kappa shape index (κ3) is 3.65. The van der Waals surface area contributed by atoms with E-state index in [1.807, 2.05) is 12.3 Å². The van der Waals surface area contributed by atoms with E-state index in [-0.39, 0.29) is 11.6 Å². The number of carbonyl (C=O) groups excluding carboxylic acids is 1. The van der Waals surface area contributed by atoms with E-state index < -0.39 is 0 Å². The highest BCUT2D eigenvalue weighted by Gasteiger charge is 2.11. The van der Waals surface area contributed by atoms with Gasteiger partial charge in [-0.1, -0.05) is 38.1 Å². The topological polar surface area (TPSA) is 67.8 Å². The number of aromatic nitrogens is 3. The first-order valence-electron chi connectivity index (χ1n) is 7.69. The number of amides is 1. The molecule has 1 N–H and O–H groups in total. The molecule has 6 heteroatoms. The van der Waals surface area contributed by atoms with E-state index in [9.17, 15) is 4.79 Å². The molecule has 0 unspecified atom stereocenters. The first-order valence-corrected chi connectivity index (χ1v) is 8.57. The van der Waals surface area contributed by atoms with Crippen molar-refractivity contribution in [3.8, 4) is 11.3 Å². The molecule has 1 aromatic carbocycles. The van der Waals surface area contributed by atoms with Crippen LogP contribution in [0.4, 0.5) is 5.13 Å². The lowest BCUT2D eigenvalue weighted by Gasteiger charge is -2.05. The second kappa shape index (κ2) is 6.88. The van der Waals surface area contributed by atoms with Gasteiger partial charge in [0.15, 0.2) is 5.13 Å². The Morgan fingerprint density at radius 1 is 1.12 bits per heavy atom. The van der Waals surface area contributed by atoms with E-state index in [1.54, 1.807) is 6.20 Å². The highest BCUT2D eigenvalue weighted by Crippen LogP contribution is 2.26. The quantitative estimate of drug-likeness (QED) is 0.771. The van der Waals surface area contributed by atoms with Crippen molar-refractivity contribution in [2.75, 3.05) is 5.32 Å². The van der Waals surface area contributed by atoms with Crippen LogP contribution in [0.1, 0.15) is 41.5 Å². The van der Waals surface area contributed by atoms with Crippen molar-refractivity contribution in [1.82, 2.24) is 15.0 Å². The summed E-state index contributed by atoms with van der Waals surface area (Å²) in [6.07, 6.45) is 3.03. The van der Waals surface area contributed by atoms with Gasteiger partial charge < -0.3 is 0 Å². The van der Waals surface area contributed by atoms with E-state index >= 15 is 0 Å². The summed E-state index contributed by atoms with van der Waals surface area (Å²) in [5.74, 6) is 0.193. The standard InChI is InChI=1S/C18H18N4OS/c1-11(2)13-4-6-14(7-5-13)16-10-24-18(21-16)22-17(23)15-9-19-12(3)8-20-15/h4-11H,1-3H3,(H,21,22,23). The molecule has 1 amide bonds. The number of nitrogens with one attached hydrogen (secondary N) is 1. The lowest BCUT2D eigenvalue weighted by Crippen LogP contribution is -2.13. The van der Waals surface area contributed by atoms with Gasteiger partial charge >= 0.3 is 0 Å². The molecule has 24 heavy (non-hydrogen) atoms. The molecule has 0 aliphatic carbocycles. The van der Waals surface area contributed by atoms with Crippen molar-refractivity contribution >= 4 is 22.4 Å². The summed E-state index contributed by atoms with van der Waals surface area (Å²) in [5.41, 5.74) is 4.22. The molecule has 122 valence electrons. The zero-order valence-electron chi connectivity index (χ0n) is 13.8. The molecule has 0 radical (unpaired) electrons. The van der Waals surface area contributed by atoms with Crippen molar-refractivity contribution in [2.24, 2.45) is 0 Å². The number of aryl methyl sites for hydroxylation is 1. The summed E-state index contributed by atoms with van der Waals surface area (Å²) in [4.78, 5) is 24.8. The van der Waals surface area contributed by atoms with Gasteiger partial charge in [-0.2, -0.15) is 0 Å². The van der Waals surface area contributed by atoms with Crippen LogP contribution in [-0.4, -0.2) is 20.9 Å². The largest absolute Gasteiger partial charge is 0.296 e. The van der Waals surface area contributed by atoms with Crippen molar-refractivity contribution in [3.05, 3.63) is 59.0 Å². The maximum absolute atomic E-state index is 12.1. The van der Waals surface area contributed by atoms with Gasteiger partial charge in [-0.3, -0.25) is 15.1 Å². The monoisotopic (exact) mass is 338 g/mol. The van der Waals surface area contributed by atoms with Crippen molar-refractivity contribution < 1.29 is 4.79 Å². The normalized spacial score (nSPS) is 10.8. The number of nitrogens with zero attached hydrogens (tertiary/aromatic N) is 3. The average molecular weight is 338 g/mol. The predicted octanol–water partition coefficient (Wildman–Crippen LogP) is 4.28. The number of thiazole rings is 1. The fourth-order valence-electron chi connectivity index (χ4n) is 2.17. The molecular weight excluding hydrogens is 320 g/mol. The number of carbonyl (C=O) groups is 1. The maximum Gasteiger partial charge on any atom is 0.277 e. The molecule has 2 aromatic heterocycles. The molecule has 0 aliphatic heterocycles. The summed E-state index contributed by atoms with van der Waals surface area (Å²) < 4.78 is 0. The lowest BCUT2D eigenvalue weighted by atomic mass is 10.0. The minimum atomic E-state index is -0.307. The minimum Gasteiger partial charge on any atom is -0.296 e. The Hall–Kier alpha value is -2.60. The fourth-order valence-corrected chi connectivity index (χ4v) is 2.89. The van der Waals surface area contributed by atoms with Crippen molar-refractivity contribution in [1.29, 1.82) is 0 Å². The van der Waals surface area contributed by atoms with Crippen LogP contribution in [0, 0.1) is 6.92 Å². The smallest absolute Gasteiger partial charge is 0.277 e. The van der Waals surface area contributed by atoms with Gasteiger partial charge in [0, 0.05) is 17.1 Å². The SMILES string of the molecule is Cc1cnc(C(=O)Nc2nc(-c3ccc(C(C)C)cc3)cs2)cn1. The van der Waals surface area contributed by atoms with Crippen LogP contribution in [0.2, 0.25) is 0 Å². The molecule has 0 saturated carbocycles. The van der Waals surface area contributed by atoms with E-state index in [1.165, 1.54) is 23.1 Å². The van der Waals surface area contributed by atoms with Crippen LogP contribution < -0.4 is 5.32 Å². The van der Waals surface area contributed by atoms with E-state index in [2.05, 4.69) is 58.4 Å². The van der Waals surface area contributed by atoms with Crippen molar-refractivity contribution in [2.45, 2.75) is 26.7 Å². The van der Waals surface area contributed by atoms with Crippen molar-refractivity contribution in [3.63, 3.8) is 0 Å². The number of rotatable bonds is 4.